The Morgan fingerprint density at radius 1 is 0.962 bits per heavy atom. The number of nitrogens with one attached hydrogen (secondary N) is 3. The van der Waals surface area contributed by atoms with Gasteiger partial charge in [-0.15, -0.1) is 0 Å². The van der Waals surface area contributed by atoms with Crippen LogP contribution in [0.1, 0.15) is 95.6 Å². The van der Waals surface area contributed by atoms with Crippen LogP contribution in [-0.2, 0) is 64.9 Å². The number of aromatic nitrogens is 5. The van der Waals surface area contributed by atoms with E-state index in [4.69, 9.17) is 33.7 Å². The standard InChI is InChI=1S/C45H67N8O22P3S/c1-25(70-44-30(54)19-31(26(2)71-44)73-43(60)28-20-49-29-13-10-9-12-27(28)29)11-7-5-6-8-14-34(56)79-18-17-47-33(55)15-16-48-41(59)38(58)45(3,4)22-69-78(66,67)75-77(64,65)68-21-32-37(74-76(61,62)63)36(57)42(72-32)53-24-52-35-39(46)50-23-51-40(35)53/h9-10,12-13,20,23-26,30-32,36-38,42,44,49,54,57-58H,5-8,11,14-19,21-22H2,1-4H3,(H,47,55)(H,48,59)(H,64,65)(H,66,67)(H2,46,50,51)(H2,61,62,63)/t25-,26+,30-,31-,32-,36-,37-,38+,42-,44-/m1/s1. The van der Waals surface area contributed by atoms with Crippen molar-refractivity contribution in [2.45, 2.75) is 140 Å². The van der Waals surface area contributed by atoms with E-state index in [-0.39, 0.29) is 54.1 Å². The van der Waals surface area contributed by atoms with E-state index in [1.165, 1.54) is 13.8 Å². The van der Waals surface area contributed by atoms with Gasteiger partial charge in [-0.2, -0.15) is 4.31 Å². The zero-order chi connectivity index (χ0) is 57.9. The van der Waals surface area contributed by atoms with Gasteiger partial charge in [-0.3, -0.25) is 32.5 Å². The Labute approximate surface area is 456 Å². The molecule has 30 nitrogen and oxygen atoms in total. The van der Waals surface area contributed by atoms with Crippen LogP contribution in [0.2, 0.25) is 0 Å². The first-order valence-electron chi connectivity index (χ1n) is 24.9. The molecule has 12 N–H and O–H groups in total. The number of carbonyl (C=O) groups is 4. The monoisotopic (exact) mass is 1200 g/mol. The van der Waals surface area contributed by atoms with Gasteiger partial charge >= 0.3 is 29.4 Å². The highest BCUT2D eigenvalue weighted by molar-refractivity contribution is 8.13. The number of carbonyl (C=O) groups excluding carboxylic acids is 4. The molecule has 2 unspecified atom stereocenters. The molecule has 0 bridgehead atoms. The first kappa shape index (κ1) is 63.8. The lowest BCUT2D eigenvalue weighted by Gasteiger charge is -2.38. The topological polar surface area (TPSA) is 444 Å². The van der Waals surface area contributed by atoms with Crippen molar-refractivity contribution in [3.8, 4) is 0 Å². The summed E-state index contributed by atoms with van der Waals surface area (Å²) in [6.45, 7) is 4.03. The van der Waals surface area contributed by atoms with Crippen LogP contribution in [0, 0.1) is 5.41 Å². The lowest BCUT2D eigenvalue weighted by atomic mass is 9.87. The lowest BCUT2D eigenvalue weighted by molar-refractivity contribution is -0.273. The SMILES string of the molecule is C[C@H](CCCCCCC(=O)SCCNC(=O)CCNC(=O)[C@H](O)C(C)(C)COP(=O)(O)OP(=O)(O)OC[C@H]1O[C@@H](n2cnc3c(N)ncnc32)[C@H](O)[C@@H]1OP(=O)(O)O)O[C@@H]1O[C@@H](C)[C@H](OC(=O)c2c[nH]c3ccccc23)C[C@H]1O. The van der Waals surface area contributed by atoms with E-state index in [1.807, 2.05) is 31.2 Å². The Bertz CT molecular complexity index is 2880. The number of phosphoric ester groups is 3. The molecule has 34 heteroatoms. The number of hydrogen-bond donors (Lipinski definition) is 11. The summed E-state index contributed by atoms with van der Waals surface area (Å²) in [4.78, 5) is 105. The zero-order valence-electron chi connectivity index (χ0n) is 43.4. The van der Waals surface area contributed by atoms with Crippen LogP contribution in [0.15, 0.2) is 43.1 Å². The highest BCUT2D eigenvalue weighted by Crippen LogP contribution is 2.61. The molecule has 2 fully saturated rings. The molecular weight excluding hydrogens is 1130 g/mol. The van der Waals surface area contributed by atoms with Crippen LogP contribution in [0.5, 0.6) is 0 Å². The molecule has 0 radical (unpaired) electrons. The number of para-hydroxylation sites is 1. The quantitative estimate of drug-likeness (QED) is 0.0203. The van der Waals surface area contributed by atoms with Crippen molar-refractivity contribution in [2.75, 3.05) is 37.8 Å². The van der Waals surface area contributed by atoms with Crippen molar-refractivity contribution >= 4 is 86.0 Å². The van der Waals surface area contributed by atoms with Gasteiger partial charge < -0.3 is 75.2 Å². The molecule has 3 aromatic heterocycles. The number of ether oxygens (including phenoxy) is 4. The molecular formula is C45H67N8O22P3S. The van der Waals surface area contributed by atoms with E-state index < -0.39 is 115 Å². The summed E-state index contributed by atoms with van der Waals surface area (Å²) in [5, 5.41) is 38.1. The van der Waals surface area contributed by atoms with Crippen LogP contribution >= 0.6 is 35.2 Å². The number of amides is 2. The highest BCUT2D eigenvalue weighted by Gasteiger charge is 2.50. The Kier molecular flexibility index (Phi) is 22.7. The molecule has 12 atom stereocenters. The maximum Gasteiger partial charge on any atom is 0.481 e. The number of aliphatic hydroxyl groups is 3. The number of esters is 1. The maximum absolute atomic E-state index is 12.9. The largest absolute Gasteiger partial charge is 0.481 e. The number of aromatic amines is 1. The number of benzene rings is 1. The Balaban J connectivity index is 0.793. The second-order valence-corrected chi connectivity index (χ2v) is 24.8. The van der Waals surface area contributed by atoms with E-state index in [0.717, 1.165) is 59.1 Å². The van der Waals surface area contributed by atoms with Crippen LogP contribution in [0.25, 0.3) is 22.1 Å². The molecule has 2 aliphatic heterocycles. The van der Waals surface area contributed by atoms with Crippen LogP contribution < -0.4 is 16.4 Å². The van der Waals surface area contributed by atoms with E-state index in [1.54, 1.807) is 13.1 Å². The minimum Gasteiger partial charge on any atom is -0.456 e. The summed E-state index contributed by atoms with van der Waals surface area (Å²) >= 11 is 1.07. The van der Waals surface area contributed by atoms with Crippen LogP contribution in [0.3, 0.4) is 0 Å². The predicted octanol–water partition coefficient (Wildman–Crippen LogP) is 2.61. The summed E-state index contributed by atoms with van der Waals surface area (Å²) in [5.74, 6) is -1.71. The van der Waals surface area contributed by atoms with E-state index in [9.17, 15) is 67.8 Å². The molecule has 0 saturated carbocycles. The number of phosphoric acid groups is 3. The van der Waals surface area contributed by atoms with Gasteiger partial charge in [-0.25, -0.2) is 33.4 Å². The lowest BCUT2D eigenvalue weighted by Crippen LogP contribution is -2.49. The molecule has 1 aromatic carbocycles. The predicted molar refractivity (Wildman–Crippen MR) is 278 cm³/mol. The molecule has 0 spiro atoms. The highest BCUT2D eigenvalue weighted by atomic mass is 32.2. The summed E-state index contributed by atoms with van der Waals surface area (Å²) < 4.78 is 80.2. The maximum atomic E-state index is 12.9. The van der Waals surface area contributed by atoms with Crippen molar-refractivity contribution < 1.29 is 105 Å². The normalized spacial score (nSPS) is 24.1. The Hall–Kier alpha value is -4.33. The van der Waals surface area contributed by atoms with Gasteiger partial charge in [0.15, 0.2) is 29.1 Å². The third kappa shape index (κ3) is 18.6. The number of anilines is 1. The smallest absolute Gasteiger partial charge is 0.456 e. The number of H-pyrrole nitrogens is 1. The number of aliphatic hydroxyl groups excluding tert-OH is 3. The van der Waals surface area contributed by atoms with Gasteiger partial charge in [0.2, 0.25) is 11.8 Å². The molecule has 2 saturated heterocycles. The van der Waals surface area contributed by atoms with Crippen molar-refractivity contribution in [1.29, 1.82) is 0 Å². The van der Waals surface area contributed by atoms with Crippen LogP contribution in [0.4, 0.5) is 5.82 Å². The summed E-state index contributed by atoms with van der Waals surface area (Å²) in [6.07, 6.45) is -4.35. The Morgan fingerprint density at radius 2 is 1.68 bits per heavy atom. The van der Waals surface area contributed by atoms with Crippen molar-refractivity contribution in [1.82, 2.24) is 35.1 Å². The summed E-state index contributed by atoms with van der Waals surface area (Å²) in [7, 11) is -16.5. The van der Waals surface area contributed by atoms with E-state index in [0.29, 0.717) is 30.6 Å². The number of fused-ring (bicyclic) bond motifs is 2. The van der Waals surface area contributed by atoms with Gasteiger partial charge in [0.25, 0.3) is 0 Å². The van der Waals surface area contributed by atoms with Gasteiger partial charge in [0, 0.05) is 60.6 Å². The van der Waals surface area contributed by atoms with Crippen LogP contribution in [-0.4, -0.2) is 169 Å². The first-order chi connectivity index (χ1) is 37.1. The number of rotatable bonds is 30. The third-order valence-electron chi connectivity index (χ3n) is 12.6. The fraction of sp³-hybridized carbons (Fsp3) is 0.622. The van der Waals surface area contributed by atoms with Crippen molar-refractivity contribution in [2.24, 2.45) is 5.41 Å². The molecule has 2 amide bonds. The molecule has 79 heavy (non-hydrogen) atoms. The molecule has 6 rings (SSSR count). The van der Waals surface area contributed by atoms with Gasteiger partial charge in [-0.1, -0.05) is 63.1 Å². The number of thioether (sulfide) groups is 1. The summed E-state index contributed by atoms with van der Waals surface area (Å²) in [5.41, 5.74) is 5.45. The second-order valence-electron chi connectivity index (χ2n) is 19.4. The molecule has 2 aliphatic rings. The van der Waals surface area contributed by atoms with Crippen molar-refractivity contribution in [3.63, 3.8) is 0 Å². The Morgan fingerprint density at radius 3 is 2.43 bits per heavy atom. The fourth-order valence-electron chi connectivity index (χ4n) is 8.36. The van der Waals surface area contributed by atoms with Gasteiger partial charge in [0.05, 0.1) is 37.3 Å². The minimum absolute atomic E-state index is 0.0207. The van der Waals surface area contributed by atoms with E-state index in [2.05, 4.69) is 39.4 Å². The number of nitrogen functional groups attached to an aromatic ring is 1. The number of nitrogens with zero attached hydrogens (tertiary/aromatic N) is 4. The fourth-order valence-corrected chi connectivity index (χ4v) is 11.9. The third-order valence-corrected chi connectivity index (χ3v) is 16.6. The number of unbranched alkanes of at least 4 members (excludes halogenated alkanes) is 3. The van der Waals surface area contributed by atoms with E-state index >= 15 is 0 Å². The molecule has 5 heterocycles. The molecule has 0 aliphatic carbocycles. The average Bonchev–Trinajstić information content (AvgIpc) is 4.33. The molecule has 440 valence electrons. The zero-order valence-corrected chi connectivity index (χ0v) is 46.9. The number of imidazole rings is 1. The average molecular weight is 1200 g/mol. The van der Waals surface area contributed by atoms with Crippen molar-refractivity contribution in [3.05, 3.63) is 48.7 Å². The number of nitrogens with two attached hydrogens (primary N) is 1. The number of hydrogen-bond acceptors (Lipinski definition) is 23. The molecule has 4 aromatic rings. The minimum atomic E-state index is -5.61. The first-order valence-corrected chi connectivity index (χ1v) is 30.4. The van der Waals surface area contributed by atoms with Gasteiger partial charge in [0.1, 0.15) is 48.5 Å². The van der Waals surface area contributed by atoms with Gasteiger partial charge in [-0.05, 0) is 32.8 Å². The second kappa shape index (κ2) is 28.1. The summed E-state index contributed by atoms with van der Waals surface area (Å²) in [6, 6.07) is 7.38.